The first-order valence-electron chi connectivity index (χ1n) is 6.02. The molecule has 0 unspecified atom stereocenters. The van der Waals surface area contributed by atoms with Crippen LogP contribution < -0.4 is 4.74 Å². The molecule has 3 rings (SSSR count). The summed E-state index contributed by atoms with van der Waals surface area (Å²) in [5.41, 5.74) is 2.97. The van der Waals surface area contributed by atoms with Crippen molar-refractivity contribution in [3.8, 4) is 11.5 Å². The van der Waals surface area contributed by atoms with Crippen LogP contribution in [0.3, 0.4) is 0 Å². The van der Waals surface area contributed by atoms with Crippen molar-refractivity contribution in [2.24, 2.45) is 0 Å². The first-order chi connectivity index (χ1) is 9.69. The van der Waals surface area contributed by atoms with Crippen LogP contribution in [0.4, 0.5) is 0 Å². The molecule has 1 aliphatic heterocycles. The number of fused-ring (bicyclic) bond motifs is 2. The van der Waals surface area contributed by atoms with Gasteiger partial charge in [-0.25, -0.2) is 4.98 Å². The Morgan fingerprint density at radius 1 is 1.30 bits per heavy atom. The van der Waals surface area contributed by atoms with Crippen LogP contribution in [0.25, 0.3) is 5.57 Å². The third-order valence-electron chi connectivity index (χ3n) is 3.03. The molecule has 1 aromatic heterocycles. The van der Waals surface area contributed by atoms with Crippen molar-refractivity contribution < 1.29 is 9.47 Å². The average Bonchev–Trinajstić information content (AvgIpc) is 2.44. The van der Waals surface area contributed by atoms with Crippen molar-refractivity contribution in [3.63, 3.8) is 0 Å². The van der Waals surface area contributed by atoms with Gasteiger partial charge in [-0.2, -0.15) is 0 Å². The predicted octanol–water partition coefficient (Wildman–Crippen LogP) is 4.68. The van der Waals surface area contributed by atoms with Crippen LogP contribution >= 0.6 is 27.5 Å². The molecule has 2 aromatic rings. The number of nitrogens with zero attached hydrogens (tertiary/aromatic N) is 1. The van der Waals surface area contributed by atoms with E-state index in [9.17, 15) is 0 Å². The Morgan fingerprint density at radius 2 is 2.10 bits per heavy atom. The molecule has 0 saturated carbocycles. The number of ether oxygens (including phenoxy) is 2. The summed E-state index contributed by atoms with van der Waals surface area (Å²) in [6.07, 6.45) is 3.66. The van der Waals surface area contributed by atoms with Crippen LogP contribution in [0.2, 0.25) is 5.15 Å². The summed E-state index contributed by atoms with van der Waals surface area (Å²) in [6, 6.07) is 7.70. The molecule has 3 nitrogen and oxygen atoms in total. The quantitative estimate of drug-likeness (QED) is 0.627. The van der Waals surface area contributed by atoms with Gasteiger partial charge in [-0.3, -0.25) is 0 Å². The van der Waals surface area contributed by atoms with Gasteiger partial charge >= 0.3 is 0 Å². The van der Waals surface area contributed by atoms with Crippen molar-refractivity contribution in [2.45, 2.75) is 0 Å². The normalized spacial score (nSPS) is 14.7. The summed E-state index contributed by atoms with van der Waals surface area (Å²) in [6.45, 7) is 0.515. The van der Waals surface area contributed by atoms with E-state index in [4.69, 9.17) is 21.1 Å². The number of rotatable bonds is 2. The lowest BCUT2D eigenvalue weighted by Crippen LogP contribution is -2.04. The summed E-state index contributed by atoms with van der Waals surface area (Å²) < 4.78 is 12.0. The molecule has 0 radical (unpaired) electrons. The second-order valence-corrected chi connectivity index (χ2v) is 5.62. The van der Waals surface area contributed by atoms with Gasteiger partial charge in [-0.1, -0.05) is 33.6 Å². The minimum atomic E-state index is 0.439. The fourth-order valence-corrected chi connectivity index (χ4v) is 2.68. The van der Waals surface area contributed by atoms with Crippen molar-refractivity contribution >= 4 is 33.1 Å². The Bertz CT molecular complexity index is 647. The molecule has 0 saturated heterocycles. The van der Waals surface area contributed by atoms with E-state index < -0.39 is 0 Å². The largest absolute Gasteiger partial charge is 0.454 e. The van der Waals surface area contributed by atoms with Gasteiger partial charge in [0.2, 0.25) is 0 Å². The highest BCUT2D eigenvalue weighted by Crippen LogP contribution is 2.44. The van der Waals surface area contributed by atoms with E-state index in [-0.39, 0.29) is 0 Å². The molecule has 0 aliphatic carbocycles. The third-order valence-corrected chi connectivity index (χ3v) is 3.73. The molecule has 5 heteroatoms. The maximum atomic E-state index is 6.00. The molecular weight excluding hydrogens is 342 g/mol. The highest BCUT2D eigenvalue weighted by atomic mass is 79.9. The highest BCUT2D eigenvalue weighted by molar-refractivity contribution is 9.10. The summed E-state index contributed by atoms with van der Waals surface area (Å²) in [5, 5.41) is 0.439. The molecule has 0 N–H and O–H groups in total. The van der Waals surface area contributed by atoms with Crippen molar-refractivity contribution in [2.75, 3.05) is 13.7 Å². The molecule has 2 heterocycles. The SMILES string of the molecule is COC/C=C1/c2cc(Br)ccc2Oc2cnc(Cl)cc21. The fraction of sp³-hybridized carbons (Fsp3) is 0.133. The number of hydrogen-bond acceptors (Lipinski definition) is 3. The lowest BCUT2D eigenvalue weighted by Gasteiger charge is -2.23. The van der Waals surface area contributed by atoms with Gasteiger partial charge in [0.25, 0.3) is 0 Å². The lowest BCUT2D eigenvalue weighted by atomic mass is 9.95. The van der Waals surface area contributed by atoms with Gasteiger partial charge in [0, 0.05) is 22.7 Å². The summed E-state index contributed by atoms with van der Waals surface area (Å²) in [4.78, 5) is 4.07. The second-order valence-electron chi connectivity index (χ2n) is 4.32. The van der Waals surface area contributed by atoms with E-state index in [1.54, 1.807) is 13.3 Å². The van der Waals surface area contributed by atoms with E-state index in [2.05, 4.69) is 20.9 Å². The Morgan fingerprint density at radius 3 is 2.90 bits per heavy atom. The number of aromatic nitrogens is 1. The molecule has 102 valence electrons. The first kappa shape index (κ1) is 13.6. The molecule has 1 aromatic carbocycles. The van der Waals surface area contributed by atoms with E-state index in [1.807, 2.05) is 30.3 Å². The van der Waals surface area contributed by atoms with Gasteiger partial charge in [0.15, 0.2) is 5.75 Å². The Balaban J connectivity index is 2.21. The summed E-state index contributed by atoms with van der Waals surface area (Å²) in [5.74, 6) is 1.50. The molecule has 0 atom stereocenters. The van der Waals surface area contributed by atoms with E-state index in [0.29, 0.717) is 17.5 Å². The standard InChI is InChI=1S/C15H11BrClNO2/c1-19-5-4-10-11-6-9(16)2-3-13(11)20-14-8-18-15(17)7-12(10)14/h2-4,6-8H,5H2,1H3/b10-4-. The predicted molar refractivity (Wildman–Crippen MR) is 82.4 cm³/mol. The van der Waals surface area contributed by atoms with Crippen molar-refractivity contribution in [1.29, 1.82) is 0 Å². The number of methoxy groups -OCH3 is 1. The fourth-order valence-electron chi connectivity index (χ4n) is 2.16. The maximum absolute atomic E-state index is 6.00. The highest BCUT2D eigenvalue weighted by Gasteiger charge is 2.22. The average molecular weight is 353 g/mol. The Hall–Kier alpha value is -1.36. The maximum Gasteiger partial charge on any atom is 0.153 e. The number of hydrogen-bond donors (Lipinski definition) is 0. The summed E-state index contributed by atoms with van der Waals surface area (Å²) >= 11 is 9.49. The van der Waals surface area contributed by atoms with E-state index in [0.717, 1.165) is 26.9 Å². The van der Waals surface area contributed by atoms with Gasteiger partial charge < -0.3 is 9.47 Å². The van der Waals surface area contributed by atoms with Gasteiger partial charge in [-0.15, -0.1) is 0 Å². The monoisotopic (exact) mass is 351 g/mol. The zero-order valence-electron chi connectivity index (χ0n) is 10.7. The van der Waals surface area contributed by atoms with Gasteiger partial charge in [-0.05, 0) is 29.8 Å². The minimum Gasteiger partial charge on any atom is -0.454 e. The van der Waals surface area contributed by atoms with Crippen LogP contribution in [-0.4, -0.2) is 18.7 Å². The van der Waals surface area contributed by atoms with Crippen LogP contribution in [0.1, 0.15) is 11.1 Å². The number of pyridine rings is 1. The van der Waals surface area contributed by atoms with Crippen LogP contribution in [0, 0.1) is 0 Å². The summed E-state index contributed by atoms with van der Waals surface area (Å²) in [7, 11) is 1.67. The molecule has 1 aliphatic rings. The van der Waals surface area contributed by atoms with Crippen LogP contribution in [0.5, 0.6) is 11.5 Å². The molecule has 0 amide bonds. The third kappa shape index (κ3) is 2.46. The smallest absolute Gasteiger partial charge is 0.153 e. The lowest BCUT2D eigenvalue weighted by molar-refractivity contribution is 0.234. The van der Waals surface area contributed by atoms with Crippen molar-refractivity contribution in [3.05, 3.63) is 57.3 Å². The van der Waals surface area contributed by atoms with Gasteiger partial charge in [0.05, 0.1) is 12.8 Å². The molecule has 0 bridgehead atoms. The van der Waals surface area contributed by atoms with Crippen LogP contribution in [0.15, 0.2) is 41.0 Å². The Kier molecular flexibility index (Phi) is 3.78. The molecule has 0 spiro atoms. The second kappa shape index (κ2) is 5.56. The van der Waals surface area contributed by atoms with E-state index in [1.165, 1.54) is 0 Å². The number of benzene rings is 1. The molecule has 20 heavy (non-hydrogen) atoms. The van der Waals surface area contributed by atoms with Crippen molar-refractivity contribution in [1.82, 2.24) is 4.98 Å². The zero-order valence-corrected chi connectivity index (χ0v) is 13.0. The Labute approximate surface area is 130 Å². The van der Waals surface area contributed by atoms with Crippen LogP contribution in [-0.2, 0) is 4.74 Å². The minimum absolute atomic E-state index is 0.439. The first-order valence-corrected chi connectivity index (χ1v) is 7.19. The molecule has 0 fully saturated rings. The van der Waals surface area contributed by atoms with E-state index >= 15 is 0 Å². The van der Waals surface area contributed by atoms with Gasteiger partial charge in [0.1, 0.15) is 10.9 Å². The molecular formula is C15H11BrClNO2. The zero-order chi connectivity index (χ0) is 14.1. The topological polar surface area (TPSA) is 31.4 Å². The number of halogens is 2.